The number of carbonyl (C=O) groups excluding carboxylic acids is 2. The van der Waals surface area contributed by atoms with E-state index in [1.807, 2.05) is 32.4 Å². The van der Waals surface area contributed by atoms with Crippen molar-refractivity contribution in [1.29, 1.82) is 0 Å². The lowest BCUT2D eigenvalue weighted by atomic mass is 9.99. The Morgan fingerprint density at radius 2 is 1.65 bits per heavy atom. The highest BCUT2D eigenvalue weighted by atomic mass is 16.6. The third kappa shape index (κ3) is 4.99. The maximum atomic E-state index is 11.7. The molecule has 0 amide bonds. The molecule has 1 aromatic heterocycles. The minimum absolute atomic E-state index is 0.0659. The SMILES string of the molecule is CC(C)C(C)C(=O)OCCOC(=O)c1cc[n+](C)cc1. The number of esters is 2. The highest BCUT2D eigenvalue weighted by molar-refractivity contribution is 5.89. The number of aromatic nitrogens is 1. The van der Waals surface area contributed by atoms with E-state index in [2.05, 4.69) is 0 Å². The first-order valence-electron chi connectivity index (χ1n) is 6.71. The summed E-state index contributed by atoms with van der Waals surface area (Å²) < 4.78 is 11.9. The van der Waals surface area contributed by atoms with Crippen molar-refractivity contribution in [2.75, 3.05) is 13.2 Å². The zero-order chi connectivity index (χ0) is 15.1. The number of hydrogen-bond acceptors (Lipinski definition) is 4. The molecule has 0 aliphatic rings. The van der Waals surface area contributed by atoms with Crippen LogP contribution in [0.15, 0.2) is 24.5 Å². The molecule has 110 valence electrons. The number of pyridine rings is 1. The smallest absolute Gasteiger partial charge is 0.338 e. The third-order valence-electron chi connectivity index (χ3n) is 3.15. The molecule has 5 heteroatoms. The van der Waals surface area contributed by atoms with Crippen molar-refractivity contribution < 1.29 is 23.6 Å². The molecule has 0 aliphatic heterocycles. The Labute approximate surface area is 119 Å². The standard InChI is InChI=1S/C15H22NO4/c1-11(2)12(3)14(17)19-9-10-20-15(18)13-5-7-16(4)8-6-13/h5-8,11-12H,9-10H2,1-4H3/q+1. The fourth-order valence-electron chi connectivity index (χ4n) is 1.40. The molecule has 0 spiro atoms. The summed E-state index contributed by atoms with van der Waals surface area (Å²) >= 11 is 0. The van der Waals surface area contributed by atoms with Gasteiger partial charge in [-0.2, -0.15) is 0 Å². The summed E-state index contributed by atoms with van der Waals surface area (Å²) in [5.41, 5.74) is 0.477. The van der Waals surface area contributed by atoms with E-state index in [9.17, 15) is 9.59 Å². The van der Waals surface area contributed by atoms with E-state index in [4.69, 9.17) is 9.47 Å². The molecule has 5 nitrogen and oxygen atoms in total. The van der Waals surface area contributed by atoms with Crippen molar-refractivity contribution in [3.8, 4) is 0 Å². The molecule has 0 N–H and O–H groups in total. The van der Waals surface area contributed by atoms with Crippen molar-refractivity contribution in [3.05, 3.63) is 30.1 Å². The molecule has 1 atom stereocenters. The average molecular weight is 280 g/mol. The Morgan fingerprint density at radius 1 is 1.10 bits per heavy atom. The van der Waals surface area contributed by atoms with Crippen LogP contribution in [-0.4, -0.2) is 25.2 Å². The van der Waals surface area contributed by atoms with Crippen LogP contribution >= 0.6 is 0 Å². The van der Waals surface area contributed by atoms with Gasteiger partial charge in [0.1, 0.15) is 20.3 Å². The first-order chi connectivity index (χ1) is 9.41. The van der Waals surface area contributed by atoms with Crippen LogP contribution in [0.25, 0.3) is 0 Å². The summed E-state index contributed by atoms with van der Waals surface area (Å²) in [6, 6.07) is 3.35. The number of carbonyl (C=O) groups is 2. The summed E-state index contributed by atoms with van der Waals surface area (Å²) in [6.45, 7) is 5.89. The van der Waals surface area contributed by atoms with Gasteiger partial charge in [0.15, 0.2) is 12.4 Å². The summed E-state index contributed by atoms with van der Waals surface area (Å²) in [6.07, 6.45) is 3.53. The number of hydrogen-bond donors (Lipinski definition) is 0. The predicted molar refractivity (Wildman–Crippen MR) is 72.9 cm³/mol. The molecule has 0 aromatic carbocycles. The molecule has 0 aliphatic carbocycles. The maximum Gasteiger partial charge on any atom is 0.338 e. The van der Waals surface area contributed by atoms with Gasteiger partial charge >= 0.3 is 11.9 Å². The van der Waals surface area contributed by atoms with Crippen LogP contribution in [0.1, 0.15) is 31.1 Å². The summed E-state index contributed by atoms with van der Waals surface area (Å²) in [5.74, 6) is -0.601. The molecule has 0 bridgehead atoms. The topological polar surface area (TPSA) is 56.5 Å². The van der Waals surface area contributed by atoms with Gasteiger partial charge in [-0.15, -0.1) is 0 Å². The van der Waals surface area contributed by atoms with Gasteiger partial charge in [0.05, 0.1) is 11.5 Å². The van der Waals surface area contributed by atoms with E-state index in [1.54, 1.807) is 24.5 Å². The lowest BCUT2D eigenvalue weighted by Gasteiger charge is -2.14. The van der Waals surface area contributed by atoms with Crippen LogP contribution in [-0.2, 0) is 21.3 Å². The second-order valence-electron chi connectivity index (χ2n) is 5.09. The number of nitrogens with zero attached hydrogens (tertiary/aromatic N) is 1. The number of rotatable bonds is 6. The third-order valence-corrected chi connectivity index (χ3v) is 3.15. The van der Waals surface area contributed by atoms with Crippen molar-refractivity contribution in [3.63, 3.8) is 0 Å². The van der Waals surface area contributed by atoms with Gasteiger partial charge in [0, 0.05) is 12.1 Å². The second kappa shape index (κ2) is 7.62. The van der Waals surface area contributed by atoms with Crippen molar-refractivity contribution in [1.82, 2.24) is 0 Å². The van der Waals surface area contributed by atoms with Gasteiger partial charge in [-0.3, -0.25) is 4.79 Å². The highest BCUT2D eigenvalue weighted by Gasteiger charge is 2.18. The lowest BCUT2D eigenvalue weighted by molar-refractivity contribution is -0.671. The molecule has 1 unspecified atom stereocenters. The first kappa shape index (κ1) is 16.1. The summed E-state index contributed by atoms with van der Waals surface area (Å²) in [5, 5.41) is 0. The van der Waals surface area contributed by atoms with Crippen molar-refractivity contribution in [2.45, 2.75) is 20.8 Å². The van der Waals surface area contributed by atoms with E-state index in [0.717, 1.165) is 0 Å². The minimum atomic E-state index is -0.418. The Balaban J connectivity index is 2.29. The second-order valence-corrected chi connectivity index (χ2v) is 5.09. The van der Waals surface area contributed by atoms with Crippen LogP contribution in [0, 0.1) is 11.8 Å². The zero-order valence-corrected chi connectivity index (χ0v) is 12.5. The van der Waals surface area contributed by atoms with Gasteiger partial charge in [0.2, 0.25) is 0 Å². The van der Waals surface area contributed by atoms with Crippen molar-refractivity contribution in [2.24, 2.45) is 18.9 Å². The fourth-order valence-corrected chi connectivity index (χ4v) is 1.40. The summed E-state index contributed by atoms with van der Waals surface area (Å²) in [7, 11) is 1.87. The Kier molecular flexibility index (Phi) is 6.15. The van der Waals surface area contributed by atoms with E-state index < -0.39 is 5.97 Å². The molecule has 1 heterocycles. The normalized spacial score (nSPS) is 12.1. The zero-order valence-electron chi connectivity index (χ0n) is 12.5. The largest absolute Gasteiger partial charge is 0.462 e. The molecule has 0 radical (unpaired) electrons. The van der Waals surface area contributed by atoms with Crippen molar-refractivity contribution >= 4 is 11.9 Å². The van der Waals surface area contributed by atoms with Gasteiger partial charge in [-0.25, -0.2) is 9.36 Å². The molecule has 1 aromatic rings. The average Bonchev–Trinajstić information content (AvgIpc) is 2.42. The van der Waals surface area contributed by atoms with E-state index in [1.165, 1.54) is 0 Å². The van der Waals surface area contributed by atoms with Crippen LogP contribution in [0.5, 0.6) is 0 Å². The number of aryl methyl sites for hydroxylation is 1. The molecular weight excluding hydrogens is 258 g/mol. The molecule has 20 heavy (non-hydrogen) atoms. The molecular formula is C15H22NO4+. The fraction of sp³-hybridized carbons (Fsp3) is 0.533. The molecule has 1 rings (SSSR count). The van der Waals surface area contributed by atoms with Crippen LogP contribution in [0.4, 0.5) is 0 Å². The van der Waals surface area contributed by atoms with Gasteiger partial charge in [0.25, 0.3) is 0 Å². The molecule has 0 saturated carbocycles. The van der Waals surface area contributed by atoms with E-state index in [0.29, 0.717) is 5.56 Å². The van der Waals surface area contributed by atoms with Crippen LogP contribution in [0.2, 0.25) is 0 Å². The molecule has 0 fully saturated rings. The van der Waals surface area contributed by atoms with Gasteiger partial charge in [-0.05, 0) is 5.92 Å². The Hall–Kier alpha value is -1.91. The maximum absolute atomic E-state index is 11.7. The highest BCUT2D eigenvalue weighted by Crippen LogP contribution is 2.11. The van der Waals surface area contributed by atoms with E-state index in [-0.39, 0.29) is 31.0 Å². The Morgan fingerprint density at radius 3 is 2.20 bits per heavy atom. The first-order valence-corrected chi connectivity index (χ1v) is 6.71. The minimum Gasteiger partial charge on any atom is -0.462 e. The molecule has 0 saturated heterocycles. The van der Waals surface area contributed by atoms with E-state index >= 15 is 0 Å². The predicted octanol–water partition coefficient (Wildman–Crippen LogP) is 1.50. The van der Waals surface area contributed by atoms with Gasteiger partial charge in [-0.1, -0.05) is 20.8 Å². The summed E-state index contributed by atoms with van der Waals surface area (Å²) in [4.78, 5) is 23.2. The Bertz CT molecular complexity index is 453. The number of ether oxygens (including phenoxy) is 2. The quantitative estimate of drug-likeness (QED) is 0.450. The lowest BCUT2D eigenvalue weighted by Crippen LogP contribution is -2.26. The van der Waals surface area contributed by atoms with Crippen LogP contribution < -0.4 is 4.57 Å². The monoisotopic (exact) mass is 280 g/mol. The van der Waals surface area contributed by atoms with Crippen LogP contribution in [0.3, 0.4) is 0 Å². The van der Waals surface area contributed by atoms with Gasteiger partial charge < -0.3 is 9.47 Å².